The largest absolute Gasteiger partial charge is 0.480 e. The van der Waals surface area contributed by atoms with Crippen LogP contribution in [-0.2, 0) is 14.4 Å². The van der Waals surface area contributed by atoms with E-state index >= 15 is 0 Å². The van der Waals surface area contributed by atoms with E-state index in [1.54, 1.807) is 13.8 Å². The fourth-order valence-corrected chi connectivity index (χ4v) is 2.32. The normalized spacial score (nSPS) is 23.8. The fraction of sp³-hybridized carbons (Fsp3) is 0.769. The van der Waals surface area contributed by atoms with Crippen molar-refractivity contribution in [3.05, 3.63) is 0 Å². The Morgan fingerprint density at radius 1 is 1.47 bits per heavy atom. The Balaban J connectivity index is 1.91. The highest BCUT2D eigenvalue weighted by atomic mass is 16.4. The number of carbonyl (C=O) groups is 3. The first-order valence-electron chi connectivity index (χ1n) is 6.65. The topological polar surface area (TPSA) is 86.7 Å². The molecule has 1 saturated heterocycles. The molecule has 106 valence electrons. The quantitative estimate of drug-likeness (QED) is 0.679. The SMILES string of the molecule is CC1(C)CC(=O)N(CCC(NC2CC2)C(=O)O)C1=O. The molecule has 2 fully saturated rings. The van der Waals surface area contributed by atoms with E-state index in [2.05, 4.69) is 5.32 Å². The molecule has 1 saturated carbocycles. The number of amides is 2. The van der Waals surface area contributed by atoms with Crippen LogP contribution >= 0.6 is 0 Å². The van der Waals surface area contributed by atoms with E-state index in [0.717, 1.165) is 12.8 Å². The number of imide groups is 1. The van der Waals surface area contributed by atoms with E-state index < -0.39 is 17.4 Å². The lowest BCUT2D eigenvalue weighted by Gasteiger charge is -2.20. The van der Waals surface area contributed by atoms with Crippen molar-refractivity contribution in [1.82, 2.24) is 10.2 Å². The summed E-state index contributed by atoms with van der Waals surface area (Å²) in [6.07, 6.45) is 2.47. The summed E-state index contributed by atoms with van der Waals surface area (Å²) in [7, 11) is 0. The molecule has 0 radical (unpaired) electrons. The van der Waals surface area contributed by atoms with Gasteiger partial charge in [0.1, 0.15) is 6.04 Å². The minimum atomic E-state index is -0.926. The second kappa shape index (κ2) is 4.92. The number of hydrogen-bond acceptors (Lipinski definition) is 4. The minimum Gasteiger partial charge on any atom is -0.480 e. The summed E-state index contributed by atoms with van der Waals surface area (Å²) in [5, 5.41) is 12.1. The first-order valence-corrected chi connectivity index (χ1v) is 6.65. The number of rotatable bonds is 6. The highest BCUT2D eigenvalue weighted by molar-refractivity contribution is 6.05. The van der Waals surface area contributed by atoms with Crippen LogP contribution in [0.1, 0.15) is 39.5 Å². The van der Waals surface area contributed by atoms with E-state index in [9.17, 15) is 14.4 Å². The monoisotopic (exact) mass is 268 g/mol. The molecule has 2 rings (SSSR count). The van der Waals surface area contributed by atoms with Gasteiger partial charge in [-0.05, 0) is 19.3 Å². The van der Waals surface area contributed by atoms with Crippen molar-refractivity contribution in [2.24, 2.45) is 5.41 Å². The first-order chi connectivity index (χ1) is 8.81. The second-order valence-corrected chi connectivity index (χ2v) is 6.03. The molecule has 1 heterocycles. The third-order valence-electron chi connectivity index (χ3n) is 3.67. The Bertz CT molecular complexity index is 415. The molecule has 0 aromatic carbocycles. The van der Waals surface area contributed by atoms with E-state index in [0.29, 0.717) is 0 Å². The molecule has 6 nitrogen and oxygen atoms in total. The zero-order valence-electron chi connectivity index (χ0n) is 11.3. The van der Waals surface area contributed by atoms with Crippen molar-refractivity contribution in [1.29, 1.82) is 0 Å². The average molecular weight is 268 g/mol. The number of likely N-dealkylation sites (tertiary alicyclic amines) is 1. The Morgan fingerprint density at radius 3 is 2.53 bits per heavy atom. The van der Waals surface area contributed by atoms with Crippen molar-refractivity contribution < 1.29 is 19.5 Å². The molecular formula is C13H20N2O4. The molecule has 1 aliphatic carbocycles. The minimum absolute atomic E-state index is 0.178. The van der Waals surface area contributed by atoms with Gasteiger partial charge in [-0.3, -0.25) is 19.3 Å². The molecule has 0 bridgehead atoms. The van der Waals surface area contributed by atoms with Crippen molar-refractivity contribution in [3.8, 4) is 0 Å². The summed E-state index contributed by atoms with van der Waals surface area (Å²) >= 11 is 0. The van der Waals surface area contributed by atoms with E-state index in [1.165, 1.54) is 4.90 Å². The molecule has 6 heteroatoms. The third-order valence-corrected chi connectivity index (χ3v) is 3.67. The molecular weight excluding hydrogens is 248 g/mol. The number of carbonyl (C=O) groups excluding carboxylic acids is 2. The van der Waals surface area contributed by atoms with Crippen molar-refractivity contribution >= 4 is 17.8 Å². The number of nitrogens with zero attached hydrogens (tertiary/aromatic N) is 1. The number of carboxylic acid groups (broad SMARTS) is 1. The molecule has 1 aliphatic heterocycles. The van der Waals surface area contributed by atoms with Crippen LogP contribution in [0, 0.1) is 5.41 Å². The van der Waals surface area contributed by atoms with Crippen LogP contribution < -0.4 is 5.32 Å². The average Bonchev–Trinajstić information content (AvgIpc) is 3.06. The summed E-state index contributed by atoms with van der Waals surface area (Å²) in [6.45, 7) is 3.66. The van der Waals surface area contributed by atoms with Crippen LogP contribution in [-0.4, -0.2) is 46.4 Å². The van der Waals surface area contributed by atoms with Crippen molar-refractivity contribution in [3.63, 3.8) is 0 Å². The molecule has 2 aliphatic rings. The third kappa shape index (κ3) is 3.12. The van der Waals surface area contributed by atoms with Gasteiger partial charge in [-0.25, -0.2) is 0 Å². The van der Waals surface area contributed by atoms with Gasteiger partial charge in [-0.1, -0.05) is 13.8 Å². The van der Waals surface area contributed by atoms with Gasteiger partial charge in [0.25, 0.3) is 0 Å². The highest BCUT2D eigenvalue weighted by Gasteiger charge is 2.44. The Labute approximate surface area is 112 Å². The highest BCUT2D eigenvalue weighted by Crippen LogP contribution is 2.31. The maximum atomic E-state index is 12.0. The standard InChI is InChI=1S/C13H20N2O4/c1-13(2)7-10(16)15(12(13)19)6-5-9(11(17)18)14-8-3-4-8/h8-9,14H,3-7H2,1-2H3,(H,17,18). The molecule has 0 spiro atoms. The lowest BCUT2D eigenvalue weighted by Crippen LogP contribution is -2.42. The zero-order valence-corrected chi connectivity index (χ0v) is 11.3. The molecule has 19 heavy (non-hydrogen) atoms. The van der Waals surface area contributed by atoms with Crippen LogP contribution in [0.3, 0.4) is 0 Å². The molecule has 0 aromatic rings. The van der Waals surface area contributed by atoms with Crippen LogP contribution in [0.2, 0.25) is 0 Å². The summed E-state index contributed by atoms with van der Waals surface area (Å²) in [5.74, 6) is -1.33. The molecule has 1 atom stereocenters. The van der Waals surface area contributed by atoms with Crippen LogP contribution in [0.4, 0.5) is 0 Å². The number of nitrogens with one attached hydrogen (secondary N) is 1. The fourth-order valence-electron chi connectivity index (χ4n) is 2.32. The Kier molecular flexibility index (Phi) is 3.62. The second-order valence-electron chi connectivity index (χ2n) is 6.03. The number of hydrogen-bond donors (Lipinski definition) is 2. The molecule has 0 aromatic heterocycles. The predicted octanol–water partition coefficient (Wildman–Crippen LogP) is 0.367. The Hall–Kier alpha value is -1.43. The van der Waals surface area contributed by atoms with E-state index in [4.69, 9.17) is 5.11 Å². The van der Waals surface area contributed by atoms with Gasteiger partial charge in [-0.15, -0.1) is 0 Å². The number of aliphatic carboxylic acids is 1. The van der Waals surface area contributed by atoms with Gasteiger partial charge in [0.2, 0.25) is 11.8 Å². The smallest absolute Gasteiger partial charge is 0.320 e. The molecule has 2 N–H and O–H groups in total. The van der Waals surface area contributed by atoms with Gasteiger partial charge >= 0.3 is 5.97 Å². The maximum absolute atomic E-state index is 12.0. The van der Waals surface area contributed by atoms with Gasteiger partial charge in [0.05, 0.1) is 5.41 Å². The number of carboxylic acids is 1. The summed E-state index contributed by atoms with van der Waals surface area (Å²) in [4.78, 5) is 36.1. The van der Waals surface area contributed by atoms with Gasteiger partial charge in [-0.2, -0.15) is 0 Å². The van der Waals surface area contributed by atoms with Crippen molar-refractivity contribution in [2.75, 3.05) is 6.54 Å². The van der Waals surface area contributed by atoms with E-state index in [-0.39, 0.29) is 37.2 Å². The lowest BCUT2D eigenvalue weighted by molar-refractivity contribution is -0.144. The summed E-state index contributed by atoms with van der Waals surface area (Å²) in [5.41, 5.74) is -0.653. The van der Waals surface area contributed by atoms with E-state index in [1.807, 2.05) is 0 Å². The molecule has 1 unspecified atom stereocenters. The van der Waals surface area contributed by atoms with Gasteiger partial charge in [0.15, 0.2) is 0 Å². The van der Waals surface area contributed by atoms with Crippen LogP contribution in [0.15, 0.2) is 0 Å². The maximum Gasteiger partial charge on any atom is 0.320 e. The van der Waals surface area contributed by atoms with Crippen molar-refractivity contribution in [2.45, 2.75) is 51.6 Å². The zero-order chi connectivity index (χ0) is 14.2. The lowest BCUT2D eigenvalue weighted by atomic mass is 9.92. The Morgan fingerprint density at radius 2 is 2.11 bits per heavy atom. The van der Waals surface area contributed by atoms with Crippen LogP contribution in [0.5, 0.6) is 0 Å². The predicted molar refractivity (Wildman–Crippen MR) is 67.3 cm³/mol. The van der Waals surface area contributed by atoms with Gasteiger partial charge < -0.3 is 10.4 Å². The van der Waals surface area contributed by atoms with Crippen LogP contribution in [0.25, 0.3) is 0 Å². The van der Waals surface area contributed by atoms with Gasteiger partial charge in [0, 0.05) is 19.0 Å². The molecule has 2 amide bonds. The first kappa shape index (κ1) is 14.0. The summed E-state index contributed by atoms with van der Waals surface area (Å²) < 4.78 is 0. The summed E-state index contributed by atoms with van der Waals surface area (Å²) in [6, 6.07) is -0.403.